The Morgan fingerprint density at radius 2 is 2.17 bits per heavy atom. The van der Waals surface area contributed by atoms with Crippen LogP contribution in [0.15, 0.2) is 42.7 Å². The molecule has 0 aliphatic rings. The SMILES string of the molecule is COc1ccc(C)cc1C(N)Cc1cccnc1. The molecule has 0 spiro atoms. The van der Waals surface area contributed by atoms with E-state index in [1.54, 1.807) is 13.3 Å². The molecule has 1 aromatic heterocycles. The van der Waals surface area contributed by atoms with Crippen LogP contribution in [-0.4, -0.2) is 12.1 Å². The van der Waals surface area contributed by atoms with Crippen molar-refractivity contribution in [2.24, 2.45) is 5.73 Å². The second-order valence-corrected chi connectivity index (χ2v) is 4.42. The van der Waals surface area contributed by atoms with E-state index in [1.807, 2.05) is 30.5 Å². The minimum Gasteiger partial charge on any atom is -0.496 e. The van der Waals surface area contributed by atoms with E-state index >= 15 is 0 Å². The average Bonchev–Trinajstić information content (AvgIpc) is 2.40. The highest BCUT2D eigenvalue weighted by Gasteiger charge is 2.12. The Kier molecular flexibility index (Phi) is 3.95. The molecule has 1 heterocycles. The summed E-state index contributed by atoms with van der Waals surface area (Å²) in [4.78, 5) is 4.10. The third-order valence-electron chi connectivity index (χ3n) is 2.96. The lowest BCUT2D eigenvalue weighted by Gasteiger charge is -2.16. The molecule has 0 saturated heterocycles. The fourth-order valence-electron chi connectivity index (χ4n) is 2.03. The topological polar surface area (TPSA) is 48.1 Å². The molecule has 94 valence electrons. The maximum absolute atomic E-state index is 6.26. The Labute approximate surface area is 108 Å². The third-order valence-corrected chi connectivity index (χ3v) is 2.96. The smallest absolute Gasteiger partial charge is 0.123 e. The molecular weight excluding hydrogens is 224 g/mol. The Balaban J connectivity index is 2.23. The lowest BCUT2D eigenvalue weighted by molar-refractivity contribution is 0.405. The van der Waals surface area contributed by atoms with Gasteiger partial charge in [-0.25, -0.2) is 0 Å². The largest absolute Gasteiger partial charge is 0.496 e. The Morgan fingerprint density at radius 1 is 1.33 bits per heavy atom. The molecule has 18 heavy (non-hydrogen) atoms. The number of nitrogens with zero attached hydrogens (tertiary/aromatic N) is 1. The van der Waals surface area contributed by atoms with Gasteiger partial charge in [0.15, 0.2) is 0 Å². The van der Waals surface area contributed by atoms with Crippen molar-refractivity contribution in [1.82, 2.24) is 4.98 Å². The van der Waals surface area contributed by atoms with Crippen molar-refractivity contribution in [2.75, 3.05) is 7.11 Å². The first-order chi connectivity index (χ1) is 8.70. The van der Waals surface area contributed by atoms with Gasteiger partial charge in [-0.05, 0) is 31.0 Å². The Morgan fingerprint density at radius 3 is 2.83 bits per heavy atom. The van der Waals surface area contributed by atoms with Crippen molar-refractivity contribution in [3.63, 3.8) is 0 Å². The number of nitrogens with two attached hydrogens (primary N) is 1. The molecule has 3 heteroatoms. The zero-order valence-electron chi connectivity index (χ0n) is 10.8. The van der Waals surface area contributed by atoms with Crippen LogP contribution in [0.1, 0.15) is 22.7 Å². The molecule has 1 aromatic carbocycles. The molecule has 0 aliphatic heterocycles. The van der Waals surface area contributed by atoms with E-state index in [4.69, 9.17) is 10.5 Å². The molecule has 3 nitrogen and oxygen atoms in total. The van der Waals surface area contributed by atoms with Crippen molar-refractivity contribution >= 4 is 0 Å². The predicted molar refractivity (Wildman–Crippen MR) is 72.6 cm³/mol. The third kappa shape index (κ3) is 2.87. The number of hydrogen-bond donors (Lipinski definition) is 1. The van der Waals surface area contributed by atoms with E-state index < -0.39 is 0 Å². The number of rotatable bonds is 4. The first-order valence-electron chi connectivity index (χ1n) is 5.99. The normalized spacial score (nSPS) is 12.2. The van der Waals surface area contributed by atoms with Crippen molar-refractivity contribution in [1.29, 1.82) is 0 Å². The van der Waals surface area contributed by atoms with Crippen LogP contribution in [0.25, 0.3) is 0 Å². The molecule has 2 N–H and O–H groups in total. The molecule has 0 aliphatic carbocycles. The van der Waals surface area contributed by atoms with Crippen LogP contribution >= 0.6 is 0 Å². The molecule has 0 saturated carbocycles. The fourth-order valence-corrected chi connectivity index (χ4v) is 2.03. The van der Waals surface area contributed by atoms with Crippen LogP contribution in [0, 0.1) is 6.92 Å². The molecule has 1 unspecified atom stereocenters. The van der Waals surface area contributed by atoms with Gasteiger partial charge >= 0.3 is 0 Å². The van der Waals surface area contributed by atoms with Crippen LogP contribution in [0.4, 0.5) is 0 Å². The molecule has 0 radical (unpaired) electrons. The van der Waals surface area contributed by atoms with E-state index in [0.717, 1.165) is 23.3 Å². The predicted octanol–water partition coefficient (Wildman–Crippen LogP) is 2.64. The number of aromatic nitrogens is 1. The summed E-state index contributed by atoms with van der Waals surface area (Å²) in [6.45, 7) is 2.06. The number of pyridine rings is 1. The molecule has 1 atom stereocenters. The van der Waals surface area contributed by atoms with E-state index in [1.165, 1.54) is 5.56 Å². The number of benzene rings is 1. The van der Waals surface area contributed by atoms with Gasteiger partial charge in [0.25, 0.3) is 0 Å². The summed E-state index contributed by atoms with van der Waals surface area (Å²) in [5, 5.41) is 0. The summed E-state index contributed by atoms with van der Waals surface area (Å²) in [7, 11) is 1.67. The summed E-state index contributed by atoms with van der Waals surface area (Å²) in [6.07, 6.45) is 4.37. The lowest BCUT2D eigenvalue weighted by Crippen LogP contribution is -2.14. The van der Waals surface area contributed by atoms with Gasteiger partial charge in [0.1, 0.15) is 5.75 Å². The number of ether oxygens (including phenoxy) is 1. The average molecular weight is 242 g/mol. The highest BCUT2D eigenvalue weighted by Crippen LogP contribution is 2.26. The Hall–Kier alpha value is -1.87. The summed E-state index contributed by atoms with van der Waals surface area (Å²) in [5.74, 6) is 0.844. The zero-order valence-corrected chi connectivity index (χ0v) is 10.8. The fraction of sp³-hybridized carbons (Fsp3) is 0.267. The second-order valence-electron chi connectivity index (χ2n) is 4.42. The number of hydrogen-bond acceptors (Lipinski definition) is 3. The highest BCUT2D eigenvalue weighted by atomic mass is 16.5. The summed E-state index contributed by atoms with van der Waals surface area (Å²) in [6, 6.07) is 9.96. The van der Waals surface area contributed by atoms with Gasteiger partial charge in [-0.1, -0.05) is 23.8 Å². The molecule has 0 bridgehead atoms. The quantitative estimate of drug-likeness (QED) is 0.896. The van der Waals surface area contributed by atoms with Gasteiger partial charge in [-0.15, -0.1) is 0 Å². The molecule has 0 fully saturated rings. The molecule has 2 rings (SSSR count). The van der Waals surface area contributed by atoms with Crippen LogP contribution in [0.5, 0.6) is 5.75 Å². The first kappa shape index (κ1) is 12.6. The number of aryl methyl sites for hydroxylation is 1. The van der Waals surface area contributed by atoms with Crippen LogP contribution in [0.3, 0.4) is 0 Å². The standard InChI is InChI=1S/C15H18N2O/c1-11-5-6-15(18-2)13(8-11)14(16)9-12-4-3-7-17-10-12/h3-8,10,14H,9,16H2,1-2H3. The molecule has 0 amide bonds. The van der Waals surface area contributed by atoms with Crippen LogP contribution < -0.4 is 10.5 Å². The van der Waals surface area contributed by atoms with Gasteiger partial charge in [-0.2, -0.15) is 0 Å². The van der Waals surface area contributed by atoms with Crippen molar-refractivity contribution in [3.8, 4) is 5.75 Å². The Bertz CT molecular complexity index is 511. The molecular formula is C15H18N2O. The summed E-state index contributed by atoms with van der Waals surface area (Å²) >= 11 is 0. The minimum atomic E-state index is -0.0796. The highest BCUT2D eigenvalue weighted by molar-refractivity contribution is 5.39. The van der Waals surface area contributed by atoms with Crippen molar-refractivity contribution in [2.45, 2.75) is 19.4 Å². The van der Waals surface area contributed by atoms with Gasteiger partial charge in [0, 0.05) is 24.0 Å². The van der Waals surface area contributed by atoms with E-state index in [-0.39, 0.29) is 6.04 Å². The first-order valence-corrected chi connectivity index (χ1v) is 5.99. The van der Waals surface area contributed by atoms with E-state index in [0.29, 0.717) is 0 Å². The van der Waals surface area contributed by atoms with Gasteiger partial charge in [0.05, 0.1) is 7.11 Å². The summed E-state index contributed by atoms with van der Waals surface area (Å²) in [5.41, 5.74) is 9.63. The van der Waals surface area contributed by atoms with Gasteiger partial charge < -0.3 is 10.5 Å². The van der Waals surface area contributed by atoms with E-state index in [2.05, 4.69) is 18.0 Å². The molecule has 2 aromatic rings. The van der Waals surface area contributed by atoms with Crippen molar-refractivity contribution in [3.05, 3.63) is 59.4 Å². The monoisotopic (exact) mass is 242 g/mol. The van der Waals surface area contributed by atoms with Gasteiger partial charge in [0.2, 0.25) is 0 Å². The second kappa shape index (κ2) is 5.65. The van der Waals surface area contributed by atoms with Gasteiger partial charge in [-0.3, -0.25) is 4.98 Å². The summed E-state index contributed by atoms with van der Waals surface area (Å²) < 4.78 is 5.36. The lowest BCUT2D eigenvalue weighted by atomic mass is 9.98. The van der Waals surface area contributed by atoms with Crippen LogP contribution in [0.2, 0.25) is 0 Å². The number of methoxy groups -OCH3 is 1. The minimum absolute atomic E-state index is 0.0796. The zero-order chi connectivity index (χ0) is 13.0. The van der Waals surface area contributed by atoms with Crippen LogP contribution in [-0.2, 0) is 6.42 Å². The maximum atomic E-state index is 6.26. The maximum Gasteiger partial charge on any atom is 0.123 e. The van der Waals surface area contributed by atoms with E-state index in [9.17, 15) is 0 Å². The van der Waals surface area contributed by atoms with Crippen molar-refractivity contribution < 1.29 is 4.74 Å².